The SMILES string of the molecule is CC(C)c1ncc(N)nc1F. The highest BCUT2D eigenvalue weighted by molar-refractivity contribution is 5.24. The quantitative estimate of drug-likeness (QED) is 0.665. The highest BCUT2D eigenvalue weighted by Gasteiger charge is 2.08. The van der Waals surface area contributed by atoms with Gasteiger partial charge in [-0.3, -0.25) is 4.98 Å². The first-order valence-corrected chi connectivity index (χ1v) is 3.39. The highest BCUT2D eigenvalue weighted by atomic mass is 19.1. The molecule has 0 amide bonds. The summed E-state index contributed by atoms with van der Waals surface area (Å²) in [6, 6.07) is 0. The molecule has 3 nitrogen and oxygen atoms in total. The standard InChI is InChI=1S/C7H10FN3/c1-4(2)6-7(8)11-5(9)3-10-6/h3-4H,1-2H3,(H2,9,11). The lowest BCUT2D eigenvalue weighted by Gasteiger charge is -2.03. The molecule has 0 aliphatic carbocycles. The van der Waals surface area contributed by atoms with Gasteiger partial charge in [-0.2, -0.15) is 9.37 Å². The molecule has 0 aliphatic rings. The Balaban J connectivity index is 3.09. The highest BCUT2D eigenvalue weighted by Crippen LogP contribution is 2.13. The van der Waals surface area contributed by atoms with Crippen LogP contribution in [0.1, 0.15) is 25.5 Å². The minimum Gasteiger partial charge on any atom is -0.382 e. The lowest BCUT2D eigenvalue weighted by molar-refractivity contribution is 0.545. The second kappa shape index (κ2) is 2.82. The van der Waals surface area contributed by atoms with Crippen molar-refractivity contribution in [2.75, 3.05) is 5.73 Å². The second-order valence-electron chi connectivity index (χ2n) is 2.63. The fourth-order valence-corrected chi connectivity index (χ4v) is 0.776. The lowest BCUT2D eigenvalue weighted by Crippen LogP contribution is -2.02. The normalized spacial score (nSPS) is 10.5. The van der Waals surface area contributed by atoms with Gasteiger partial charge in [-0.25, -0.2) is 0 Å². The van der Waals surface area contributed by atoms with Gasteiger partial charge in [0.2, 0.25) is 5.95 Å². The zero-order chi connectivity index (χ0) is 8.43. The minimum atomic E-state index is -0.569. The molecule has 2 N–H and O–H groups in total. The summed E-state index contributed by atoms with van der Waals surface area (Å²) in [5.41, 5.74) is 5.57. The number of hydrogen-bond acceptors (Lipinski definition) is 3. The summed E-state index contributed by atoms with van der Waals surface area (Å²) in [7, 11) is 0. The number of nitrogens with two attached hydrogens (primary N) is 1. The topological polar surface area (TPSA) is 51.8 Å². The molecule has 0 aliphatic heterocycles. The van der Waals surface area contributed by atoms with Crippen molar-refractivity contribution in [1.29, 1.82) is 0 Å². The smallest absolute Gasteiger partial charge is 0.236 e. The summed E-state index contributed by atoms with van der Waals surface area (Å²) in [5.74, 6) is -0.407. The molecular weight excluding hydrogens is 145 g/mol. The molecule has 0 spiro atoms. The van der Waals surface area contributed by atoms with Crippen LogP contribution in [-0.2, 0) is 0 Å². The third-order valence-electron chi connectivity index (χ3n) is 1.32. The molecule has 60 valence electrons. The van der Waals surface area contributed by atoms with Gasteiger partial charge in [0.1, 0.15) is 5.82 Å². The minimum absolute atomic E-state index is 0.0445. The summed E-state index contributed by atoms with van der Waals surface area (Å²) in [6.07, 6.45) is 1.36. The van der Waals surface area contributed by atoms with Crippen LogP contribution < -0.4 is 5.73 Å². The van der Waals surface area contributed by atoms with Crippen molar-refractivity contribution in [3.63, 3.8) is 0 Å². The van der Waals surface area contributed by atoms with Crippen LogP contribution in [0.4, 0.5) is 10.2 Å². The average molecular weight is 155 g/mol. The van der Waals surface area contributed by atoms with Gasteiger partial charge in [-0.15, -0.1) is 0 Å². The Hall–Kier alpha value is -1.19. The van der Waals surface area contributed by atoms with Gasteiger partial charge in [0.05, 0.1) is 11.9 Å². The van der Waals surface area contributed by atoms with E-state index in [9.17, 15) is 4.39 Å². The van der Waals surface area contributed by atoms with E-state index in [2.05, 4.69) is 9.97 Å². The van der Waals surface area contributed by atoms with Crippen LogP contribution in [0.15, 0.2) is 6.20 Å². The van der Waals surface area contributed by atoms with Gasteiger partial charge >= 0.3 is 0 Å². The van der Waals surface area contributed by atoms with Crippen LogP contribution in [0.5, 0.6) is 0 Å². The Kier molecular flexibility index (Phi) is 2.03. The third kappa shape index (κ3) is 1.63. The number of anilines is 1. The summed E-state index contributed by atoms with van der Waals surface area (Å²) in [4.78, 5) is 7.26. The van der Waals surface area contributed by atoms with Crippen LogP contribution in [0.2, 0.25) is 0 Å². The largest absolute Gasteiger partial charge is 0.382 e. The maximum Gasteiger partial charge on any atom is 0.236 e. The molecule has 0 saturated carbocycles. The molecule has 4 heteroatoms. The van der Waals surface area contributed by atoms with E-state index in [1.807, 2.05) is 13.8 Å². The van der Waals surface area contributed by atoms with E-state index < -0.39 is 5.95 Å². The summed E-state index contributed by atoms with van der Waals surface area (Å²) < 4.78 is 12.8. The van der Waals surface area contributed by atoms with E-state index in [4.69, 9.17) is 5.73 Å². The van der Waals surface area contributed by atoms with Crippen LogP contribution in [0.25, 0.3) is 0 Å². The maximum atomic E-state index is 12.8. The van der Waals surface area contributed by atoms with E-state index in [1.165, 1.54) is 6.20 Å². The van der Waals surface area contributed by atoms with E-state index >= 15 is 0 Å². The summed E-state index contributed by atoms with van der Waals surface area (Å²) >= 11 is 0. The number of halogens is 1. The first kappa shape index (κ1) is 7.91. The van der Waals surface area contributed by atoms with E-state index in [-0.39, 0.29) is 11.7 Å². The number of nitrogen functional groups attached to an aromatic ring is 1. The molecule has 11 heavy (non-hydrogen) atoms. The molecule has 0 atom stereocenters. The van der Waals surface area contributed by atoms with Crippen molar-refractivity contribution in [3.05, 3.63) is 17.8 Å². The van der Waals surface area contributed by atoms with Crippen molar-refractivity contribution >= 4 is 5.82 Å². The van der Waals surface area contributed by atoms with Crippen LogP contribution >= 0.6 is 0 Å². The van der Waals surface area contributed by atoms with Crippen molar-refractivity contribution in [1.82, 2.24) is 9.97 Å². The molecule has 1 aromatic heterocycles. The van der Waals surface area contributed by atoms with Crippen molar-refractivity contribution in [2.24, 2.45) is 0 Å². The molecule has 1 heterocycles. The van der Waals surface area contributed by atoms with E-state index in [1.54, 1.807) is 0 Å². The lowest BCUT2D eigenvalue weighted by atomic mass is 10.1. The van der Waals surface area contributed by atoms with Gasteiger partial charge in [0, 0.05) is 5.92 Å². The first-order valence-electron chi connectivity index (χ1n) is 3.39. The third-order valence-corrected chi connectivity index (χ3v) is 1.32. The Morgan fingerprint density at radius 1 is 1.55 bits per heavy atom. The second-order valence-corrected chi connectivity index (χ2v) is 2.63. The molecule has 0 aromatic carbocycles. The van der Waals surface area contributed by atoms with Crippen molar-refractivity contribution < 1.29 is 4.39 Å². The van der Waals surface area contributed by atoms with Crippen LogP contribution in [0, 0.1) is 5.95 Å². The Labute approximate surface area is 64.5 Å². The zero-order valence-corrected chi connectivity index (χ0v) is 6.50. The Bertz CT molecular complexity index is 260. The Morgan fingerprint density at radius 2 is 2.18 bits per heavy atom. The van der Waals surface area contributed by atoms with Gasteiger partial charge in [-0.1, -0.05) is 13.8 Å². The number of nitrogens with zero attached hydrogens (tertiary/aromatic N) is 2. The average Bonchev–Trinajstić information content (AvgIpc) is 1.85. The molecule has 0 radical (unpaired) electrons. The molecule has 1 aromatic rings. The van der Waals surface area contributed by atoms with Crippen LogP contribution in [-0.4, -0.2) is 9.97 Å². The van der Waals surface area contributed by atoms with Crippen LogP contribution in [0.3, 0.4) is 0 Å². The molecule has 1 rings (SSSR count). The molecule has 0 bridgehead atoms. The van der Waals surface area contributed by atoms with Crippen molar-refractivity contribution in [3.8, 4) is 0 Å². The van der Waals surface area contributed by atoms with E-state index in [0.29, 0.717) is 5.69 Å². The van der Waals surface area contributed by atoms with Gasteiger partial charge in [0.15, 0.2) is 0 Å². The predicted octanol–water partition coefficient (Wildman–Crippen LogP) is 1.32. The molecular formula is C7H10FN3. The molecule has 0 fully saturated rings. The molecule has 0 saturated heterocycles. The van der Waals surface area contributed by atoms with Crippen molar-refractivity contribution in [2.45, 2.75) is 19.8 Å². The monoisotopic (exact) mass is 155 g/mol. The fraction of sp³-hybridized carbons (Fsp3) is 0.429. The number of hydrogen-bond donors (Lipinski definition) is 1. The summed E-state index contributed by atoms with van der Waals surface area (Å²) in [5, 5.41) is 0. The van der Waals surface area contributed by atoms with E-state index in [0.717, 1.165) is 0 Å². The number of aromatic nitrogens is 2. The van der Waals surface area contributed by atoms with Gasteiger partial charge in [0.25, 0.3) is 0 Å². The number of rotatable bonds is 1. The Morgan fingerprint density at radius 3 is 2.64 bits per heavy atom. The zero-order valence-electron chi connectivity index (χ0n) is 6.50. The first-order chi connectivity index (χ1) is 5.11. The molecule has 0 unspecified atom stereocenters. The summed E-state index contributed by atoms with van der Waals surface area (Å²) in [6.45, 7) is 3.70. The van der Waals surface area contributed by atoms with Gasteiger partial charge in [-0.05, 0) is 0 Å². The predicted molar refractivity (Wildman–Crippen MR) is 40.5 cm³/mol. The maximum absolute atomic E-state index is 12.8. The fourth-order valence-electron chi connectivity index (χ4n) is 0.776. The van der Waals surface area contributed by atoms with Gasteiger partial charge < -0.3 is 5.73 Å².